The number of benzene rings is 1. The number of likely N-dealkylation sites (tertiary alicyclic amines) is 1. The molecule has 1 heterocycles. The summed E-state index contributed by atoms with van der Waals surface area (Å²) in [5.41, 5.74) is -0.640. The molecule has 2 rings (SSSR count). The Morgan fingerprint density at radius 1 is 1.20 bits per heavy atom. The van der Waals surface area contributed by atoms with E-state index in [1.807, 2.05) is 0 Å². The number of hydrogen-bond acceptors (Lipinski definition) is 2. The van der Waals surface area contributed by atoms with Gasteiger partial charge in [0.2, 0.25) is 0 Å². The van der Waals surface area contributed by atoms with Crippen LogP contribution in [0.4, 0.5) is 13.2 Å². The number of halogens is 3. The van der Waals surface area contributed by atoms with Crippen LogP contribution in [0.2, 0.25) is 0 Å². The molecule has 5 heteroatoms. The van der Waals surface area contributed by atoms with Crippen molar-refractivity contribution in [3.05, 3.63) is 29.8 Å². The zero-order chi connectivity index (χ0) is 14.6. The molecule has 1 fully saturated rings. The van der Waals surface area contributed by atoms with Crippen LogP contribution in [-0.4, -0.2) is 31.6 Å². The van der Waals surface area contributed by atoms with E-state index < -0.39 is 11.7 Å². The van der Waals surface area contributed by atoms with E-state index in [0.29, 0.717) is 18.3 Å². The van der Waals surface area contributed by atoms with E-state index in [2.05, 4.69) is 11.9 Å². The molecule has 0 bridgehead atoms. The zero-order valence-corrected chi connectivity index (χ0v) is 11.6. The Kier molecular flexibility index (Phi) is 4.91. The quantitative estimate of drug-likeness (QED) is 0.838. The molecule has 1 unspecified atom stereocenters. The third kappa shape index (κ3) is 4.40. The lowest BCUT2D eigenvalue weighted by molar-refractivity contribution is -0.137. The van der Waals surface area contributed by atoms with Gasteiger partial charge in [-0.05, 0) is 50.7 Å². The molecule has 1 aliphatic heterocycles. The largest absolute Gasteiger partial charge is 0.493 e. The smallest absolute Gasteiger partial charge is 0.416 e. The van der Waals surface area contributed by atoms with E-state index in [0.717, 1.165) is 31.6 Å². The van der Waals surface area contributed by atoms with Crippen LogP contribution in [-0.2, 0) is 6.18 Å². The fraction of sp³-hybridized carbons (Fsp3) is 0.600. The van der Waals surface area contributed by atoms with Crippen LogP contribution in [0.3, 0.4) is 0 Å². The zero-order valence-electron chi connectivity index (χ0n) is 11.6. The van der Waals surface area contributed by atoms with Gasteiger partial charge in [-0.15, -0.1) is 0 Å². The predicted molar refractivity (Wildman–Crippen MR) is 71.8 cm³/mol. The van der Waals surface area contributed by atoms with Crippen LogP contribution in [0.15, 0.2) is 24.3 Å². The first-order chi connectivity index (χ1) is 9.45. The number of nitrogens with zero attached hydrogens (tertiary/aromatic N) is 1. The maximum Gasteiger partial charge on any atom is 0.416 e. The molecule has 0 N–H and O–H groups in total. The summed E-state index contributed by atoms with van der Waals surface area (Å²) in [6.45, 7) is 2.66. The molecule has 1 atom stereocenters. The number of hydrogen-bond donors (Lipinski definition) is 0. The minimum Gasteiger partial charge on any atom is -0.493 e. The fourth-order valence-electron chi connectivity index (χ4n) is 2.53. The number of rotatable bonds is 3. The van der Waals surface area contributed by atoms with Gasteiger partial charge in [0.25, 0.3) is 0 Å². The summed E-state index contributed by atoms with van der Waals surface area (Å²) in [5, 5.41) is 0. The van der Waals surface area contributed by atoms with Crippen LogP contribution in [0, 0.1) is 5.92 Å². The summed E-state index contributed by atoms with van der Waals surface area (Å²) < 4.78 is 42.9. The molecule has 0 radical (unpaired) electrons. The second-order valence-corrected chi connectivity index (χ2v) is 5.46. The Labute approximate surface area is 117 Å². The Hall–Kier alpha value is -1.23. The molecule has 0 amide bonds. The summed E-state index contributed by atoms with van der Waals surface area (Å²) in [5.74, 6) is 0.953. The highest BCUT2D eigenvalue weighted by Crippen LogP contribution is 2.30. The van der Waals surface area contributed by atoms with Gasteiger partial charge in [0.05, 0.1) is 12.2 Å². The van der Waals surface area contributed by atoms with E-state index in [1.165, 1.54) is 25.0 Å². The van der Waals surface area contributed by atoms with Gasteiger partial charge >= 0.3 is 6.18 Å². The average molecular weight is 287 g/mol. The van der Waals surface area contributed by atoms with Gasteiger partial charge in [-0.2, -0.15) is 13.2 Å². The van der Waals surface area contributed by atoms with Gasteiger partial charge < -0.3 is 9.64 Å². The molecule has 20 heavy (non-hydrogen) atoms. The summed E-state index contributed by atoms with van der Waals surface area (Å²) in [6.07, 6.45) is -0.786. The second-order valence-electron chi connectivity index (χ2n) is 5.46. The van der Waals surface area contributed by atoms with E-state index >= 15 is 0 Å². The van der Waals surface area contributed by atoms with Crippen LogP contribution in [0.1, 0.15) is 24.8 Å². The van der Waals surface area contributed by atoms with E-state index in [9.17, 15) is 13.2 Å². The van der Waals surface area contributed by atoms with Gasteiger partial charge in [-0.3, -0.25) is 0 Å². The first-order valence-electron chi connectivity index (χ1n) is 6.94. The summed E-state index contributed by atoms with van der Waals surface area (Å²) in [4.78, 5) is 2.29. The number of alkyl halides is 3. The van der Waals surface area contributed by atoms with Crippen molar-refractivity contribution in [2.75, 3.05) is 26.7 Å². The fourth-order valence-corrected chi connectivity index (χ4v) is 2.53. The molecule has 112 valence electrons. The summed E-state index contributed by atoms with van der Waals surface area (Å²) in [7, 11) is 2.09. The van der Waals surface area contributed by atoms with Crippen molar-refractivity contribution in [2.24, 2.45) is 5.92 Å². The van der Waals surface area contributed by atoms with Crippen LogP contribution < -0.4 is 4.74 Å². The van der Waals surface area contributed by atoms with Crippen molar-refractivity contribution in [1.29, 1.82) is 0 Å². The van der Waals surface area contributed by atoms with Crippen molar-refractivity contribution in [1.82, 2.24) is 4.90 Å². The maximum atomic E-state index is 12.4. The standard InChI is InChI=1S/C15H20F3NO/c1-19-9-3-2-4-12(10-19)11-20-14-7-5-13(6-8-14)15(16,17)18/h5-8,12H,2-4,9-11H2,1H3. The van der Waals surface area contributed by atoms with Crippen LogP contribution >= 0.6 is 0 Å². The lowest BCUT2D eigenvalue weighted by Crippen LogP contribution is -2.27. The highest BCUT2D eigenvalue weighted by molar-refractivity contribution is 5.28. The Bertz CT molecular complexity index is 416. The molecule has 0 aromatic heterocycles. The Balaban J connectivity index is 1.87. The Morgan fingerprint density at radius 3 is 2.55 bits per heavy atom. The second kappa shape index (κ2) is 6.48. The van der Waals surface area contributed by atoms with Gasteiger partial charge in [-0.1, -0.05) is 6.42 Å². The molecule has 0 aliphatic carbocycles. The predicted octanol–water partition coefficient (Wildman–Crippen LogP) is 3.82. The van der Waals surface area contributed by atoms with E-state index in [-0.39, 0.29) is 0 Å². The average Bonchev–Trinajstić information content (AvgIpc) is 2.60. The van der Waals surface area contributed by atoms with Gasteiger partial charge in [0.15, 0.2) is 0 Å². The third-order valence-electron chi connectivity index (χ3n) is 3.64. The third-order valence-corrected chi connectivity index (χ3v) is 3.64. The van der Waals surface area contributed by atoms with Crippen molar-refractivity contribution in [3.8, 4) is 5.75 Å². The van der Waals surface area contributed by atoms with E-state index in [1.54, 1.807) is 0 Å². The summed E-state index contributed by atoms with van der Waals surface area (Å²) >= 11 is 0. The Morgan fingerprint density at radius 2 is 1.90 bits per heavy atom. The van der Waals surface area contributed by atoms with E-state index in [4.69, 9.17) is 4.74 Å². The number of ether oxygens (including phenoxy) is 1. The van der Waals surface area contributed by atoms with Gasteiger partial charge in [-0.25, -0.2) is 0 Å². The summed E-state index contributed by atoms with van der Waals surface area (Å²) in [6, 6.07) is 4.91. The molecular weight excluding hydrogens is 267 g/mol. The van der Waals surface area contributed by atoms with Crippen molar-refractivity contribution in [2.45, 2.75) is 25.4 Å². The van der Waals surface area contributed by atoms with Crippen molar-refractivity contribution >= 4 is 0 Å². The molecular formula is C15H20F3NO. The molecule has 0 saturated carbocycles. The normalized spacial score (nSPS) is 21.5. The maximum absolute atomic E-state index is 12.4. The molecule has 2 nitrogen and oxygen atoms in total. The minimum absolute atomic E-state index is 0.449. The first kappa shape index (κ1) is 15.2. The SMILES string of the molecule is CN1CCCCC(COc2ccc(C(F)(F)F)cc2)C1. The molecule has 1 aromatic rings. The highest BCUT2D eigenvalue weighted by Gasteiger charge is 2.30. The van der Waals surface area contributed by atoms with Gasteiger partial charge in [0.1, 0.15) is 5.75 Å². The molecule has 1 aliphatic rings. The topological polar surface area (TPSA) is 12.5 Å². The van der Waals surface area contributed by atoms with Crippen molar-refractivity contribution in [3.63, 3.8) is 0 Å². The lowest BCUT2D eigenvalue weighted by atomic mass is 10.0. The van der Waals surface area contributed by atoms with Gasteiger partial charge in [0, 0.05) is 12.5 Å². The lowest BCUT2D eigenvalue weighted by Gasteiger charge is -2.20. The highest BCUT2D eigenvalue weighted by atomic mass is 19.4. The van der Waals surface area contributed by atoms with Crippen LogP contribution in [0.5, 0.6) is 5.75 Å². The molecule has 1 saturated heterocycles. The monoisotopic (exact) mass is 287 g/mol. The van der Waals surface area contributed by atoms with Crippen LogP contribution in [0.25, 0.3) is 0 Å². The van der Waals surface area contributed by atoms with Crippen molar-refractivity contribution < 1.29 is 17.9 Å². The molecule has 1 aromatic carbocycles. The molecule has 0 spiro atoms. The first-order valence-corrected chi connectivity index (χ1v) is 6.94. The minimum atomic E-state index is -4.29.